The summed E-state index contributed by atoms with van der Waals surface area (Å²) in [5.74, 6) is -0.422. The van der Waals surface area contributed by atoms with E-state index in [2.05, 4.69) is 5.32 Å². The molecule has 1 aliphatic rings. The number of benzene rings is 2. The zero-order chi connectivity index (χ0) is 17.2. The third-order valence-corrected chi connectivity index (χ3v) is 6.02. The number of rotatable bonds is 5. The fourth-order valence-corrected chi connectivity index (χ4v) is 4.79. The van der Waals surface area contributed by atoms with Gasteiger partial charge in [-0.3, -0.25) is 0 Å². The minimum absolute atomic E-state index is 0.0853. The summed E-state index contributed by atoms with van der Waals surface area (Å²) in [5.41, 5.74) is 1.50. The molecule has 1 aliphatic heterocycles. The smallest absolute Gasteiger partial charge is 0.151 e. The summed E-state index contributed by atoms with van der Waals surface area (Å²) >= 11 is 0. The number of hydrogen-bond acceptors (Lipinski definition) is 3. The second-order valence-corrected chi connectivity index (χ2v) is 8.44. The molecule has 0 amide bonds. The molecular formula is C18H19F2NO2S. The van der Waals surface area contributed by atoms with Crippen LogP contribution in [-0.4, -0.2) is 26.0 Å². The molecule has 0 aromatic heterocycles. The molecule has 0 radical (unpaired) electrons. The van der Waals surface area contributed by atoms with Crippen LogP contribution in [0.2, 0.25) is 0 Å². The monoisotopic (exact) mass is 351 g/mol. The molecule has 0 spiro atoms. The number of halogens is 2. The van der Waals surface area contributed by atoms with Crippen molar-refractivity contribution < 1.29 is 17.2 Å². The molecule has 1 fully saturated rings. The Balaban J connectivity index is 1.83. The Bertz CT molecular complexity index is 823. The van der Waals surface area contributed by atoms with Crippen LogP contribution in [0.1, 0.15) is 23.6 Å². The van der Waals surface area contributed by atoms with Crippen LogP contribution in [0.3, 0.4) is 0 Å². The van der Waals surface area contributed by atoms with Crippen LogP contribution in [0.5, 0.6) is 0 Å². The van der Waals surface area contributed by atoms with Crippen molar-refractivity contribution in [2.24, 2.45) is 0 Å². The average Bonchev–Trinajstić information content (AvgIpc) is 2.86. The summed E-state index contributed by atoms with van der Waals surface area (Å²) in [6, 6.07) is 12.0. The van der Waals surface area contributed by atoms with Gasteiger partial charge in [0.25, 0.3) is 0 Å². The molecule has 2 atom stereocenters. The van der Waals surface area contributed by atoms with E-state index in [4.69, 9.17) is 0 Å². The van der Waals surface area contributed by atoms with E-state index in [1.54, 1.807) is 18.2 Å². The van der Waals surface area contributed by atoms with Crippen molar-refractivity contribution in [1.29, 1.82) is 0 Å². The summed E-state index contributed by atoms with van der Waals surface area (Å²) in [5, 5.41) is 3.31. The van der Waals surface area contributed by atoms with Crippen molar-refractivity contribution in [3.05, 3.63) is 71.3 Å². The first kappa shape index (κ1) is 17.0. The molecule has 3 nitrogen and oxygen atoms in total. The summed E-state index contributed by atoms with van der Waals surface area (Å²) in [6.07, 6.45) is 0.995. The number of sulfone groups is 1. The first-order valence-corrected chi connectivity index (χ1v) is 9.70. The predicted molar refractivity (Wildman–Crippen MR) is 89.4 cm³/mol. The van der Waals surface area contributed by atoms with Crippen molar-refractivity contribution in [3.8, 4) is 0 Å². The van der Waals surface area contributed by atoms with E-state index in [9.17, 15) is 17.2 Å². The van der Waals surface area contributed by atoms with Gasteiger partial charge in [-0.2, -0.15) is 0 Å². The van der Waals surface area contributed by atoms with Gasteiger partial charge in [-0.15, -0.1) is 0 Å². The van der Waals surface area contributed by atoms with E-state index in [-0.39, 0.29) is 35.2 Å². The van der Waals surface area contributed by atoms with E-state index in [1.165, 1.54) is 24.3 Å². The topological polar surface area (TPSA) is 46.2 Å². The van der Waals surface area contributed by atoms with Gasteiger partial charge in [0.15, 0.2) is 9.84 Å². The van der Waals surface area contributed by atoms with Crippen LogP contribution >= 0.6 is 0 Å². The van der Waals surface area contributed by atoms with Crippen molar-refractivity contribution in [3.63, 3.8) is 0 Å². The highest BCUT2D eigenvalue weighted by Crippen LogP contribution is 2.23. The van der Waals surface area contributed by atoms with Crippen LogP contribution in [0.4, 0.5) is 8.78 Å². The normalized spacial score (nSPS) is 20.8. The standard InChI is InChI=1S/C18H19F2NO2S/c19-15-5-1-3-13(9-15)10-18(14-4-2-6-16(20)11-14)21-17-7-8-24(22,23)12-17/h1-6,9,11,17-18,21H,7-8,10,12H2. The summed E-state index contributed by atoms with van der Waals surface area (Å²) in [6.45, 7) is 0. The summed E-state index contributed by atoms with van der Waals surface area (Å²) in [7, 11) is -3.01. The summed E-state index contributed by atoms with van der Waals surface area (Å²) < 4.78 is 50.3. The maximum Gasteiger partial charge on any atom is 0.151 e. The van der Waals surface area contributed by atoms with Crippen molar-refractivity contribution >= 4 is 9.84 Å². The lowest BCUT2D eigenvalue weighted by atomic mass is 9.97. The predicted octanol–water partition coefficient (Wildman–Crippen LogP) is 3.03. The maximum atomic E-state index is 13.6. The Morgan fingerprint density at radius 1 is 1.08 bits per heavy atom. The fraction of sp³-hybridized carbons (Fsp3) is 0.333. The maximum absolute atomic E-state index is 13.6. The molecule has 2 aromatic carbocycles. The largest absolute Gasteiger partial charge is 0.306 e. The van der Waals surface area contributed by atoms with Gasteiger partial charge in [0.1, 0.15) is 11.6 Å². The lowest BCUT2D eigenvalue weighted by Crippen LogP contribution is -2.35. The molecule has 2 unspecified atom stereocenters. The van der Waals surface area contributed by atoms with E-state index < -0.39 is 9.84 Å². The zero-order valence-electron chi connectivity index (χ0n) is 13.1. The second-order valence-electron chi connectivity index (χ2n) is 6.21. The van der Waals surface area contributed by atoms with E-state index in [0.717, 1.165) is 11.1 Å². The highest BCUT2D eigenvalue weighted by Gasteiger charge is 2.29. The second kappa shape index (κ2) is 6.99. The van der Waals surface area contributed by atoms with Crippen LogP contribution in [0.15, 0.2) is 48.5 Å². The molecular weight excluding hydrogens is 332 g/mol. The molecule has 0 bridgehead atoms. The van der Waals surface area contributed by atoms with Gasteiger partial charge in [0.2, 0.25) is 0 Å². The highest BCUT2D eigenvalue weighted by atomic mass is 32.2. The SMILES string of the molecule is O=S1(=O)CCC(NC(Cc2cccc(F)c2)c2cccc(F)c2)C1. The van der Waals surface area contributed by atoms with Crippen LogP contribution in [0.25, 0.3) is 0 Å². The molecule has 128 valence electrons. The first-order chi connectivity index (χ1) is 11.4. The molecule has 0 aliphatic carbocycles. The van der Waals surface area contributed by atoms with Gasteiger partial charge in [0.05, 0.1) is 11.5 Å². The Morgan fingerprint density at radius 2 is 1.79 bits per heavy atom. The third-order valence-electron chi connectivity index (χ3n) is 4.25. The Kier molecular flexibility index (Phi) is 4.96. The minimum atomic E-state index is -3.01. The first-order valence-electron chi connectivity index (χ1n) is 7.88. The molecule has 1 N–H and O–H groups in total. The molecule has 0 saturated carbocycles. The van der Waals surface area contributed by atoms with Gasteiger partial charge in [-0.1, -0.05) is 24.3 Å². The van der Waals surface area contributed by atoms with Gasteiger partial charge < -0.3 is 5.32 Å². The fourth-order valence-electron chi connectivity index (χ4n) is 3.11. The zero-order valence-corrected chi connectivity index (χ0v) is 13.9. The molecule has 24 heavy (non-hydrogen) atoms. The van der Waals surface area contributed by atoms with Crippen LogP contribution in [-0.2, 0) is 16.3 Å². The van der Waals surface area contributed by atoms with Crippen molar-refractivity contribution in [1.82, 2.24) is 5.32 Å². The molecule has 1 heterocycles. The molecule has 2 aromatic rings. The minimum Gasteiger partial charge on any atom is -0.306 e. The van der Waals surface area contributed by atoms with Crippen LogP contribution in [0, 0.1) is 11.6 Å². The lowest BCUT2D eigenvalue weighted by molar-refractivity contribution is 0.454. The Hall–Kier alpha value is -1.79. The Morgan fingerprint density at radius 3 is 2.42 bits per heavy atom. The molecule has 1 saturated heterocycles. The van der Waals surface area contributed by atoms with Crippen LogP contribution < -0.4 is 5.32 Å². The van der Waals surface area contributed by atoms with E-state index >= 15 is 0 Å². The third kappa shape index (κ3) is 4.39. The van der Waals surface area contributed by atoms with Gasteiger partial charge in [-0.25, -0.2) is 17.2 Å². The number of hydrogen-bond donors (Lipinski definition) is 1. The Labute approximate surface area is 140 Å². The van der Waals surface area contributed by atoms with Gasteiger partial charge >= 0.3 is 0 Å². The summed E-state index contributed by atoms with van der Waals surface area (Å²) in [4.78, 5) is 0. The van der Waals surface area contributed by atoms with Crippen molar-refractivity contribution in [2.45, 2.75) is 24.9 Å². The lowest BCUT2D eigenvalue weighted by Gasteiger charge is -2.23. The van der Waals surface area contributed by atoms with Gasteiger partial charge in [0, 0.05) is 12.1 Å². The van der Waals surface area contributed by atoms with E-state index in [0.29, 0.717) is 12.8 Å². The van der Waals surface area contributed by atoms with E-state index in [1.807, 2.05) is 6.07 Å². The quantitative estimate of drug-likeness (QED) is 0.901. The molecule has 3 rings (SSSR count). The number of nitrogens with one attached hydrogen (secondary N) is 1. The van der Waals surface area contributed by atoms with Gasteiger partial charge in [-0.05, 0) is 48.2 Å². The average molecular weight is 351 g/mol. The molecule has 6 heteroatoms. The highest BCUT2D eigenvalue weighted by molar-refractivity contribution is 7.91. The van der Waals surface area contributed by atoms with Crippen molar-refractivity contribution in [2.75, 3.05) is 11.5 Å².